The summed E-state index contributed by atoms with van der Waals surface area (Å²) >= 11 is 0. The Balaban J connectivity index is 1.63. The number of aryl methyl sites for hydroxylation is 3. The second-order valence-electron chi connectivity index (χ2n) is 7.18. The Hall–Kier alpha value is -2.95. The summed E-state index contributed by atoms with van der Waals surface area (Å²) in [7, 11) is 1.97. The summed E-state index contributed by atoms with van der Waals surface area (Å²) in [6, 6.07) is 9.72. The highest BCUT2D eigenvalue weighted by molar-refractivity contribution is 6.25. The molecule has 0 bridgehead atoms. The van der Waals surface area contributed by atoms with Crippen molar-refractivity contribution in [3.05, 3.63) is 65.7 Å². The quantitative estimate of drug-likeness (QED) is 0.500. The maximum absolute atomic E-state index is 13.0. The predicted molar refractivity (Wildman–Crippen MR) is 104 cm³/mol. The van der Waals surface area contributed by atoms with Gasteiger partial charge in [-0.2, -0.15) is 0 Å². The van der Waals surface area contributed by atoms with Gasteiger partial charge in [0.05, 0.1) is 13.6 Å². The van der Waals surface area contributed by atoms with E-state index in [1.54, 1.807) is 0 Å². The molecule has 0 aliphatic carbocycles. The van der Waals surface area contributed by atoms with Gasteiger partial charge in [0.1, 0.15) is 12.4 Å². The van der Waals surface area contributed by atoms with Crippen molar-refractivity contribution in [2.75, 3.05) is 6.54 Å². The normalized spacial score (nSPS) is 13.6. The van der Waals surface area contributed by atoms with Crippen molar-refractivity contribution in [3.63, 3.8) is 0 Å². The van der Waals surface area contributed by atoms with Gasteiger partial charge in [-0.25, -0.2) is 9.13 Å². The Bertz CT molecular complexity index is 1010. The van der Waals surface area contributed by atoms with Gasteiger partial charge < -0.3 is 0 Å². The van der Waals surface area contributed by atoms with Gasteiger partial charge in [0.25, 0.3) is 11.8 Å². The molecule has 0 saturated heterocycles. The SMILES string of the molecule is CCCc1ccc2c3c(cccc13)C(=O)N(CCCn1cc[n+](C)c1)C2=O. The number of carbonyl (C=O) groups is 2. The molecule has 0 unspecified atom stereocenters. The molecule has 1 aliphatic heterocycles. The molecule has 0 radical (unpaired) electrons. The average Bonchev–Trinajstić information content (AvgIpc) is 3.08. The Morgan fingerprint density at radius 2 is 1.78 bits per heavy atom. The molecule has 0 atom stereocenters. The van der Waals surface area contributed by atoms with Crippen molar-refractivity contribution < 1.29 is 14.2 Å². The summed E-state index contributed by atoms with van der Waals surface area (Å²) in [5.41, 5.74) is 2.49. The minimum absolute atomic E-state index is 0.176. The summed E-state index contributed by atoms with van der Waals surface area (Å²) in [5, 5.41) is 1.86. The number of benzene rings is 2. The van der Waals surface area contributed by atoms with Gasteiger partial charge in [-0.05, 0) is 29.5 Å². The van der Waals surface area contributed by atoms with Gasteiger partial charge in [-0.3, -0.25) is 14.5 Å². The maximum Gasteiger partial charge on any atom is 0.261 e. The Kier molecular flexibility index (Phi) is 4.52. The largest absolute Gasteiger partial charge is 0.274 e. The van der Waals surface area contributed by atoms with E-state index < -0.39 is 0 Å². The molecule has 0 spiro atoms. The lowest BCUT2D eigenvalue weighted by Crippen LogP contribution is -2.41. The molecular weight excluding hydrogens is 338 g/mol. The molecule has 27 heavy (non-hydrogen) atoms. The molecule has 0 N–H and O–H groups in total. The van der Waals surface area contributed by atoms with Crippen molar-refractivity contribution in [1.82, 2.24) is 9.47 Å². The van der Waals surface area contributed by atoms with Crippen LogP contribution in [0.4, 0.5) is 0 Å². The molecule has 2 heterocycles. The van der Waals surface area contributed by atoms with Crippen LogP contribution in [0.25, 0.3) is 10.8 Å². The van der Waals surface area contributed by atoms with Crippen LogP contribution in [0.1, 0.15) is 46.0 Å². The molecule has 4 rings (SSSR count). The number of aromatic nitrogens is 2. The number of carbonyl (C=O) groups excluding carboxylic acids is 2. The van der Waals surface area contributed by atoms with Crippen LogP contribution in [0.2, 0.25) is 0 Å². The number of imide groups is 1. The first-order valence-electron chi connectivity index (χ1n) is 9.52. The van der Waals surface area contributed by atoms with Crippen LogP contribution < -0.4 is 4.57 Å². The van der Waals surface area contributed by atoms with Gasteiger partial charge >= 0.3 is 0 Å². The number of rotatable bonds is 6. The van der Waals surface area contributed by atoms with Crippen LogP contribution in [-0.4, -0.2) is 27.8 Å². The van der Waals surface area contributed by atoms with Gasteiger partial charge in [0.2, 0.25) is 6.33 Å². The highest BCUT2D eigenvalue weighted by Gasteiger charge is 2.32. The van der Waals surface area contributed by atoms with Crippen LogP contribution in [0, 0.1) is 0 Å². The zero-order chi connectivity index (χ0) is 19.0. The van der Waals surface area contributed by atoms with E-state index in [0.717, 1.165) is 36.6 Å². The number of imidazole rings is 1. The van der Waals surface area contributed by atoms with Crippen molar-refractivity contribution >= 4 is 22.6 Å². The average molecular weight is 362 g/mol. The lowest BCUT2D eigenvalue weighted by molar-refractivity contribution is -0.671. The fraction of sp³-hybridized carbons (Fsp3) is 0.318. The van der Waals surface area contributed by atoms with Crippen LogP contribution >= 0.6 is 0 Å². The van der Waals surface area contributed by atoms with Crippen molar-refractivity contribution in [2.24, 2.45) is 7.05 Å². The van der Waals surface area contributed by atoms with E-state index in [0.29, 0.717) is 17.7 Å². The zero-order valence-electron chi connectivity index (χ0n) is 15.8. The van der Waals surface area contributed by atoms with Crippen LogP contribution in [0.3, 0.4) is 0 Å². The summed E-state index contributed by atoms with van der Waals surface area (Å²) in [5.74, 6) is -0.352. The third-order valence-electron chi connectivity index (χ3n) is 5.22. The second kappa shape index (κ2) is 6.99. The lowest BCUT2D eigenvalue weighted by Gasteiger charge is -2.27. The summed E-state index contributed by atoms with van der Waals surface area (Å²) in [6.07, 6.45) is 8.66. The van der Waals surface area contributed by atoms with E-state index in [9.17, 15) is 9.59 Å². The highest BCUT2D eigenvalue weighted by Crippen LogP contribution is 2.32. The molecule has 1 aromatic heterocycles. The fourth-order valence-corrected chi connectivity index (χ4v) is 3.94. The highest BCUT2D eigenvalue weighted by atomic mass is 16.2. The van der Waals surface area contributed by atoms with E-state index in [2.05, 4.69) is 11.5 Å². The molecular formula is C22H24N3O2+. The van der Waals surface area contributed by atoms with Crippen LogP contribution in [0.5, 0.6) is 0 Å². The van der Waals surface area contributed by atoms with Gasteiger partial charge in [0.15, 0.2) is 0 Å². The molecule has 0 fully saturated rings. The van der Waals surface area contributed by atoms with Crippen LogP contribution in [0.15, 0.2) is 49.1 Å². The predicted octanol–water partition coefficient (Wildman–Crippen LogP) is 3.10. The van der Waals surface area contributed by atoms with E-state index in [1.807, 2.05) is 60.7 Å². The first kappa shape index (κ1) is 17.5. The molecule has 0 saturated carbocycles. The van der Waals surface area contributed by atoms with Crippen LogP contribution in [-0.2, 0) is 20.0 Å². The van der Waals surface area contributed by atoms with Crippen molar-refractivity contribution in [1.29, 1.82) is 0 Å². The summed E-state index contributed by atoms with van der Waals surface area (Å²) < 4.78 is 4.03. The first-order valence-corrected chi connectivity index (χ1v) is 9.52. The lowest BCUT2D eigenvalue weighted by atomic mass is 9.90. The number of amides is 2. The topological polar surface area (TPSA) is 46.2 Å². The Labute approximate surface area is 158 Å². The maximum atomic E-state index is 13.0. The molecule has 5 nitrogen and oxygen atoms in total. The molecule has 2 aromatic carbocycles. The minimum atomic E-state index is -0.176. The number of nitrogens with zero attached hydrogens (tertiary/aromatic N) is 3. The van der Waals surface area contributed by atoms with E-state index in [-0.39, 0.29) is 11.8 Å². The molecule has 1 aliphatic rings. The van der Waals surface area contributed by atoms with E-state index >= 15 is 0 Å². The van der Waals surface area contributed by atoms with Gasteiger partial charge in [-0.1, -0.05) is 31.5 Å². The first-order chi connectivity index (χ1) is 13.1. The number of hydrogen-bond acceptors (Lipinski definition) is 2. The molecule has 5 heteroatoms. The van der Waals surface area contributed by atoms with Crippen molar-refractivity contribution in [2.45, 2.75) is 32.7 Å². The minimum Gasteiger partial charge on any atom is -0.274 e. The third-order valence-corrected chi connectivity index (χ3v) is 5.22. The molecule has 2 amide bonds. The monoisotopic (exact) mass is 362 g/mol. The smallest absolute Gasteiger partial charge is 0.261 e. The van der Waals surface area contributed by atoms with E-state index in [4.69, 9.17) is 0 Å². The molecule has 138 valence electrons. The van der Waals surface area contributed by atoms with Crippen molar-refractivity contribution in [3.8, 4) is 0 Å². The third kappa shape index (κ3) is 3.03. The van der Waals surface area contributed by atoms with Gasteiger partial charge in [-0.15, -0.1) is 0 Å². The number of hydrogen-bond donors (Lipinski definition) is 0. The summed E-state index contributed by atoms with van der Waals surface area (Å²) in [4.78, 5) is 27.4. The standard InChI is InChI=1S/C22H24N3O2/c1-3-6-16-9-10-19-20-17(16)7-4-8-18(20)21(26)25(22(19)27)12-5-11-24-14-13-23(2)15-24/h4,7-10,13-15H,3,5-6,11-12H2,1-2H3/q+1. The Morgan fingerprint density at radius 3 is 2.48 bits per heavy atom. The van der Waals surface area contributed by atoms with Gasteiger partial charge in [0, 0.05) is 29.5 Å². The summed E-state index contributed by atoms with van der Waals surface area (Å²) in [6.45, 7) is 3.33. The molecule has 3 aromatic rings. The fourth-order valence-electron chi connectivity index (χ4n) is 3.94. The Morgan fingerprint density at radius 1 is 1.00 bits per heavy atom. The van der Waals surface area contributed by atoms with E-state index in [1.165, 1.54) is 10.5 Å². The second-order valence-corrected chi connectivity index (χ2v) is 7.18. The zero-order valence-corrected chi connectivity index (χ0v) is 15.8.